The fourth-order valence-electron chi connectivity index (χ4n) is 7.20. The van der Waals surface area contributed by atoms with Crippen molar-refractivity contribution >= 4 is 38.9 Å². The number of hydrogen-bond donors (Lipinski definition) is 0. The highest BCUT2D eigenvalue weighted by atomic mass is 15.1. The smallest absolute Gasteiger partial charge is 0.0541 e. The monoisotopic (exact) mass is 638 g/mol. The number of aromatic nitrogens is 1. The number of nitrogens with zero attached hydrogens (tertiary/aromatic N) is 2. The van der Waals surface area contributed by atoms with Gasteiger partial charge in [0, 0.05) is 33.4 Å². The molecule has 0 N–H and O–H groups in total. The molecule has 9 aromatic rings. The van der Waals surface area contributed by atoms with Gasteiger partial charge in [0.15, 0.2) is 0 Å². The largest absolute Gasteiger partial charge is 0.310 e. The number of para-hydroxylation sites is 3. The Morgan fingerprint density at radius 1 is 0.320 bits per heavy atom. The summed E-state index contributed by atoms with van der Waals surface area (Å²) in [5.74, 6) is 0. The van der Waals surface area contributed by atoms with Gasteiger partial charge in [-0.3, -0.25) is 0 Å². The third-order valence-electron chi connectivity index (χ3n) is 9.61. The van der Waals surface area contributed by atoms with Crippen LogP contribution in [0.5, 0.6) is 0 Å². The highest BCUT2D eigenvalue weighted by Gasteiger charge is 2.18. The van der Waals surface area contributed by atoms with E-state index >= 15 is 0 Å². The van der Waals surface area contributed by atoms with Crippen LogP contribution in [0.15, 0.2) is 206 Å². The second kappa shape index (κ2) is 12.8. The first-order chi connectivity index (χ1) is 24.8. The third-order valence-corrected chi connectivity index (χ3v) is 9.61. The molecule has 0 atom stereocenters. The molecule has 1 heterocycles. The van der Waals surface area contributed by atoms with Crippen molar-refractivity contribution in [3.63, 3.8) is 0 Å². The Balaban J connectivity index is 1.14. The molecule has 0 aliphatic heterocycles. The normalized spacial score (nSPS) is 11.2. The number of anilines is 3. The van der Waals surface area contributed by atoms with E-state index in [2.05, 4.69) is 216 Å². The topological polar surface area (TPSA) is 8.17 Å². The van der Waals surface area contributed by atoms with Crippen molar-refractivity contribution in [1.82, 2.24) is 4.57 Å². The van der Waals surface area contributed by atoms with Crippen molar-refractivity contribution < 1.29 is 0 Å². The van der Waals surface area contributed by atoms with E-state index in [1.807, 2.05) is 0 Å². The Morgan fingerprint density at radius 2 is 0.800 bits per heavy atom. The van der Waals surface area contributed by atoms with Crippen molar-refractivity contribution in [2.75, 3.05) is 4.90 Å². The fourth-order valence-corrected chi connectivity index (χ4v) is 7.20. The highest BCUT2D eigenvalue weighted by Crippen LogP contribution is 2.42. The summed E-state index contributed by atoms with van der Waals surface area (Å²) in [7, 11) is 0. The number of fused-ring (bicyclic) bond motifs is 3. The van der Waals surface area contributed by atoms with Crippen LogP contribution in [0.1, 0.15) is 0 Å². The zero-order valence-corrected chi connectivity index (χ0v) is 27.5. The van der Waals surface area contributed by atoms with Gasteiger partial charge in [-0.15, -0.1) is 0 Å². The molecule has 236 valence electrons. The maximum Gasteiger partial charge on any atom is 0.0541 e. The molecule has 0 aliphatic rings. The summed E-state index contributed by atoms with van der Waals surface area (Å²) >= 11 is 0. The maximum absolute atomic E-state index is 2.37. The average Bonchev–Trinajstić information content (AvgIpc) is 3.53. The van der Waals surface area contributed by atoms with Crippen LogP contribution in [0.2, 0.25) is 0 Å². The predicted molar refractivity (Wildman–Crippen MR) is 212 cm³/mol. The first-order valence-corrected chi connectivity index (χ1v) is 17.1. The van der Waals surface area contributed by atoms with Gasteiger partial charge < -0.3 is 9.47 Å². The van der Waals surface area contributed by atoms with Gasteiger partial charge in [-0.25, -0.2) is 0 Å². The number of rotatable bonds is 7. The molecule has 0 unspecified atom stereocenters. The lowest BCUT2D eigenvalue weighted by Crippen LogP contribution is -2.11. The van der Waals surface area contributed by atoms with Gasteiger partial charge in [0.25, 0.3) is 0 Å². The Hall–Kier alpha value is -6.64. The van der Waals surface area contributed by atoms with Gasteiger partial charge in [0.2, 0.25) is 0 Å². The molecule has 2 nitrogen and oxygen atoms in total. The lowest BCUT2D eigenvalue weighted by molar-refractivity contribution is 1.18. The van der Waals surface area contributed by atoms with E-state index in [1.54, 1.807) is 0 Å². The van der Waals surface area contributed by atoms with Crippen LogP contribution in [0.3, 0.4) is 0 Å². The predicted octanol–water partition coefficient (Wildman–Crippen LogP) is 13.3. The Morgan fingerprint density at radius 3 is 1.48 bits per heavy atom. The number of hydrogen-bond acceptors (Lipinski definition) is 1. The summed E-state index contributed by atoms with van der Waals surface area (Å²) in [6.07, 6.45) is 0. The Kier molecular flexibility index (Phi) is 7.53. The molecule has 8 aromatic carbocycles. The van der Waals surface area contributed by atoms with E-state index in [-0.39, 0.29) is 0 Å². The first-order valence-electron chi connectivity index (χ1n) is 17.1. The molecule has 0 amide bonds. The minimum Gasteiger partial charge on any atom is -0.310 e. The van der Waals surface area contributed by atoms with Crippen LogP contribution in [-0.4, -0.2) is 4.57 Å². The van der Waals surface area contributed by atoms with Crippen LogP contribution in [-0.2, 0) is 0 Å². The van der Waals surface area contributed by atoms with E-state index in [0.29, 0.717) is 0 Å². The quantitative estimate of drug-likeness (QED) is 0.169. The molecular weight excluding hydrogens is 605 g/mol. The summed E-state index contributed by atoms with van der Waals surface area (Å²) < 4.78 is 2.36. The van der Waals surface area contributed by atoms with Gasteiger partial charge in [0.1, 0.15) is 0 Å². The van der Waals surface area contributed by atoms with E-state index < -0.39 is 0 Å². The highest BCUT2D eigenvalue weighted by molar-refractivity contribution is 6.10. The third kappa shape index (κ3) is 5.34. The van der Waals surface area contributed by atoms with Crippen molar-refractivity contribution in [1.29, 1.82) is 0 Å². The van der Waals surface area contributed by atoms with Crippen molar-refractivity contribution in [2.24, 2.45) is 0 Å². The minimum absolute atomic E-state index is 1.10. The van der Waals surface area contributed by atoms with E-state index in [1.165, 1.54) is 60.9 Å². The molecule has 0 radical (unpaired) electrons. The maximum atomic E-state index is 2.37. The molecule has 1 aromatic heterocycles. The first kappa shape index (κ1) is 29.5. The standard InChI is InChI=1S/C48H34N2/c1-4-14-35(15-5-1)36-24-29-41(30-25-36)49(46-22-12-10-20-43(46)38-16-6-2-7-17-38)42-31-26-37(27-32-42)39-28-33-48-45(34-39)44-21-11-13-23-47(44)50(48)40-18-8-3-9-19-40/h1-34H. The molecule has 50 heavy (non-hydrogen) atoms. The molecule has 0 aliphatic carbocycles. The van der Waals surface area contributed by atoms with Crippen LogP contribution >= 0.6 is 0 Å². The average molecular weight is 639 g/mol. The van der Waals surface area contributed by atoms with Crippen molar-refractivity contribution in [3.8, 4) is 39.1 Å². The van der Waals surface area contributed by atoms with Gasteiger partial charge >= 0.3 is 0 Å². The summed E-state index contributed by atoms with van der Waals surface area (Å²) in [5.41, 5.74) is 14.1. The van der Waals surface area contributed by atoms with E-state index in [0.717, 1.165) is 17.1 Å². The van der Waals surface area contributed by atoms with Crippen molar-refractivity contribution in [2.45, 2.75) is 0 Å². The van der Waals surface area contributed by atoms with E-state index in [4.69, 9.17) is 0 Å². The second-order valence-electron chi connectivity index (χ2n) is 12.6. The second-order valence-corrected chi connectivity index (χ2v) is 12.6. The van der Waals surface area contributed by atoms with Crippen LogP contribution in [0, 0.1) is 0 Å². The van der Waals surface area contributed by atoms with Crippen molar-refractivity contribution in [3.05, 3.63) is 206 Å². The molecule has 0 fully saturated rings. The number of benzene rings is 8. The van der Waals surface area contributed by atoms with Gasteiger partial charge in [-0.05, 0) is 88.5 Å². The minimum atomic E-state index is 1.10. The van der Waals surface area contributed by atoms with Gasteiger partial charge in [-0.2, -0.15) is 0 Å². The lowest BCUT2D eigenvalue weighted by atomic mass is 10.00. The molecule has 0 saturated carbocycles. The molecule has 0 saturated heterocycles. The molecular formula is C48H34N2. The SMILES string of the molecule is c1ccc(-c2ccc(N(c3ccc(-c4ccc5c(c4)c4ccccc4n5-c4ccccc4)cc3)c3ccccc3-c3ccccc3)cc2)cc1. The fraction of sp³-hybridized carbons (Fsp3) is 0. The summed E-state index contributed by atoms with van der Waals surface area (Å²) in [5, 5.41) is 2.51. The molecule has 0 spiro atoms. The Bertz CT molecular complexity index is 2550. The lowest BCUT2D eigenvalue weighted by Gasteiger charge is -2.28. The molecule has 0 bridgehead atoms. The zero-order chi connectivity index (χ0) is 33.3. The van der Waals surface area contributed by atoms with Gasteiger partial charge in [-0.1, -0.05) is 146 Å². The van der Waals surface area contributed by atoms with E-state index in [9.17, 15) is 0 Å². The van der Waals surface area contributed by atoms with Crippen LogP contribution in [0.4, 0.5) is 17.1 Å². The molecule has 2 heteroatoms. The van der Waals surface area contributed by atoms with Gasteiger partial charge in [0.05, 0.1) is 16.7 Å². The summed E-state index contributed by atoms with van der Waals surface area (Å²) in [6, 6.07) is 74.0. The van der Waals surface area contributed by atoms with Crippen LogP contribution < -0.4 is 4.90 Å². The zero-order valence-electron chi connectivity index (χ0n) is 27.5. The Labute approximate surface area is 292 Å². The van der Waals surface area contributed by atoms with Crippen LogP contribution in [0.25, 0.3) is 60.9 Å². The summed E-state index contributed by atoms with van der Waals surface area (Å²) in [6.45, 7) is 0. The summed E-state index contributed by atoms with van der Waals surface area (Å²) in [4.78, 5) is 2.37. The molecule has 9 rings (SSSR count).